The summed E-state index contributed by atoms with van der Waals surface area (Å²) in [6.45, 7) is 2.06. The van der Waals surface area contributed by atoms with Crippen molar-refractivity contribution < 1.29 is 25.2 Å². The Morgan fingerprint density at radius 2 is 1.81 bits per heavy atom. The fraction of sp³-hybridized carbons (Fsp3) is 0.591. The van der Waals surface area contributed by atoms with E-state index in [1.807, 2.05) is 30.4 Å². The predicted octanol–water partition coefficient (Wildman–Crippen LogP) is 3.38. The lowest BCUT2D eigenvalue weighted by molar-refractivity contribution is -0.136. The van der Waals surface area contributed by atoms with Crippen LogP contribution in [0.1, 0.15) is 51.9 Å². The highest BCUT2D eigenvalue weighted by molar-refractivity contribution is 5.66. The van der Waals surface area contributed by atoms with Gasteiger partial charge in [0, 0.05) is 18.8 Å². The molecule has 5 nitrogen and oxygen atoms in total. The first-order valence-electron chi connectivity index (χ1n) is 9.85. The van der Waals surface area contributed by atoms with Gasteiger partial charge in [-0.2, -0.15) is 0 Å². The summed E-state index contributed by atoms with van der Waals surface area (Å²) in [5.41, 5.74) is 0. The Balaban J connectivity index is 2.39. The van der Waals surface area contributed by atoms with Crippen LogP contribution in [-0.4, -0.2) is 44.7 Å². The number of hydrogen-bond acceptors (Lipinski definition) is 4. The van der Waals surface area contributed by atoms with Gasteiger partial charge in [-0.15, -0.1) is 0 Å². The molecule has 0 aliphatic heterocycles. The third-order valence-electron chi connectivity index (χ3n) is 4.79. The van der Waals surface area contributed by atoms with Crippen LogP contribution in [0.15, 0.2) is 48.6 Å². The number of carbonyl (C=O) groups is 1. The number of aliphatic carboxylic acids is 1. The third-order valence-corrected chi connectivity index (χ3v) is 4.79. The highest BCUT2D eigenvalue weighted by atomic mass is 16.4. The summed E-state index contributed by atoms with van der Waals surface area (Å²) < 4.78 is 0. The second-order valence-corrected chi connectivity index (χ2v) is 7.03. The van der Waals surface area contributed by atoms with Crippen LogP contribution in [0, 0.1) is 11.8 Å². The normalized spacial score (nSPS) is 27.6. The van der Waals surface area contributed by atoms with Crippen molar-refractivity contribution in [3.05, 3.63) is 48.6 Å². The Bertz CT molecular complexity index is 535. The SMILES string of the molecule is CC/C=C\C[C@H]1[C@@H](/C=C/[C@H](O)C/C=C\C/C=C\CCC(=O)O)[C@H](O)C[C@@H]1O. The topological polar surface area (TPSA) is 98.0 Å². The van der Waals surface area contributed by atoms with Gasteiger partial charge in [-0.25, -0.2) is 0 Å². The van der Waals surface area contributed by atoms with Gasteiger partial charge in [0.05, 0.1) is 18.3 Å². The standard InChI is InChI=1S/C22H34O5/c1-2-3-8-12-18-19(21(25)16-20(18)24)15-14-17(23)11-9-6-4-5-7-10-13-22(26)27/h3,5-9,14-15,17-21,23-25H,2,4,10-13,16H2,1H3,(H,26,27)/b7-5-,8-3-,9-6-,15-14+/t17-,18+,19-,20+,21-/m1/s1. The average molecular weight is 379 g/mol. The van der Waals surface area contributed by atoms with Gasteiger partial charge in [0.25, 0.3) is 0 Å². The number of aliphatic hydroxyl groups is 3. The number of carboxylic acids is 1. The fourth-order valence-corrected chi connectivity index (χ4v) is 3.29. The smallest absolute Gasteiger partial charge is 0.303 e. The first-order valence-corrected chi connectivity index (χ1v) is 9.85. The number of aliphatic hydroxyl groups excluding tert-OH is 3. The molecule has 1 rings (SSSR count). The molecule has 0 saturated heterocycles. The van der Waals surface area contributed by atoms with Crippen LogP contribution in [0.4, 0.5) is 0 Å². The maximum absolute atomic E-state index is 10.4. The predicted molar refractivity (Wildman–Crippen MR) is 107 cm³/mol. The van der Waals surface area contributed by atoms with Gasteiger partial charge in [-0.3, -0.25) is 4.79 Å². The molecule has 0 unspecified atom stereocenters. The van der Waals surface area contributed by atoms with E-state index >= 15 is 0 Å². The third kappa shape index (κ3) is 9.70. The lowest BCUT2D eigenvalue weighted by Crippen LogP contribution is -2.20. The highest BCUT2D eigenvalue weighted by Gasteiger charge is 2.39. The van der Waals surface area contributed by atoms with Crippen molar-refractivity contribution in [2.24, 2.45) is 11.8 Å². The van der Waals surface area contributed by atoms with Crippen LogP contribution in [0.3, 0.4) is 0 Å². The summed E-state index contributed by atoms with van der Waals surface area (Å²) in [5, 5.41) is 38.9. The van der Waals surface area contributed by atoms with E-state index in [9.17, 15) is 20.1 Å². The van der Waals surface area contributed by atoms with E-state index in [2.05, 4.69) is 19.1 Å². The molecule has 1 saturated carbocycles. The molecule has 0 spiro atoms. The van der Waals surface area contributed by atoms with Crippen LogP contribution in [0.25, 0.3) is 0 Å². The molecule has 1 aliphatic carbocycles. The Hall–Kier alpha value is -1.69. The van der Waals surface area contributed by atoms with E-state index in [-0.39, 0.29) is 18.3 Å². The van der Waals surface area contributed by atoms with Gasteiger partial charge in [0.15, 0.2) is 0 Å². The van der Waals surface area contributed by atoms with Crippen molar-refractivity contribution in [3.8, 4) is 0 Å². The first kappa shape index (κ1) is 23.3. The molecule has 5 heteroatoms. The maximum atomic E-state index is 10.4. The van der Waals surface area contributed by atoms with E-state index in [0.717, 1.165) is 12.8 Å². The van der Waals surface area contributed by atoms with E-state index < -0.39 is 24.3 Å². The number of carboxylic acid groups (broad SMARTS) is 1. The molecule has 4 N–H and O–H groups in total. The van der Waals surface area contributed by atoms with E-state index in [4.69, 9.17) is 5.11 Å². The van der Waals surface area contributed by atoms with Gasteiger partial charge in [0.1, 0.15) is 0 Å². The van der Waals surface area contributed by atoms with E-state index in [0.29, 0.717) is 25.7 Å². The lowest BCUT2D eigenvalue weighted by atomic mass is 9.89. The molecule has 27 heavy (non-hydrogen) atoms. The van der Waals surface area contributed by atoms with Gasteiger partial charge in [-0.05, 0) is 38.0 Å². The molecule has 0 aromatic heterocycles. The Labute approximate surface area is 162 Å². The van der Waals surface area contributed by atoms with Gasteiger partial charge < -0.3 is 20.4 Å². The van der Waals surface area contributed by atoms with Gasteiger partial charge in [0.2, 0.25) is 0 Å². The van der Waals surface area contributed by atoms with Crippen molar-refractivity contribution in [3.63, 3.8) is 0 Å². The number of hydrogen-bond donors (Lipinski definition) is 4. The molecule has 0 bridgehead atoms. The van der Waals surface area contributed by atoms with E-state index in [1.165, 1.54) is 0 Å². The second-order valence-electron chi connectivity index (χ2n) is 7.03. The Morgan fingerprint density at radius 1 is 1.07 bits per heavy atom. The van der Waals surface area contributed by atoms with Crippen LogP contribution in [0.5, 0.6) is 0 Å². The summed E-state index contributed by atoms with van der Waals surface area (Å²) >= 11 is 0. The van der Waals surface area contributed by atoms with Crippen molar-refractivity contribution in [1.29, 1.82) is 0 Å². The van der Waals surface area contributed by atoms with E-state index in [1.54, 1.807) is 6.08 Å². The molecule has 0 amide bonds. The van der Waals surface area contributed by atoms with Crippen molar-refractivity contribution >= 4 is 5.97 Å². The zero-order chi connectivity index (χ0) is 20.1. The fourth-order valence-electron chi connectivity index (χ4n) is 3.29. The Kier molecular flexibility index (Phi) is 11.7. The zero-order valence-electron chi connectivity index (χ0n) is 16.2. The summed E-state index contributed by atoms with van der Waals surface area (Å²) in [6.07, 6.45) is 17.4. The average Bonchev–Trinajstić information content (AvgIpc) is 2.88. The molecule has 0 heterocycles. The van der Waals surface area contributed by atoms with Crippen LogP contribution in [-0.2, 0) is 4.79 Å². The minimum Gasteiger partial charge on any atom is -0.481 e. The van der Waals surface area contributed by atoms with Crippen LogP contribution < -0.4 is 0 Å². The molecule has 5 atom stereocenters. The Morgan fingerprint density at radius 3 is 2.52 bits per heavy atom. The molecular weight excluding hydrogens is 344 g/mol. The highest BCUT2D eigenvalue weighted by Crippen LogP contribution is 2.36. The zero-order valence-corrected chi connectivity index (χ0v) is 16.2. The van der Waals surface area contributed by atoms with Crippen molar-refractivity contribution in [2.45, 2.75) is 70.2 Å². The summed E-state index contributed by atoms with van der Waals surface area (Å²) in [7, 11) is 0. The quantitative estimate of drug-likeness (QED) is 0.390. The minimum atomic E-state index is -0.798. The number of rotatable bonds is 12. The summed E-state index contributed by atoms with van der Waals surface area (Å²) in [4.78, 5) is 10.4. The van der Waals surface area contributed by atoms with Gasteiger partial charge in [-0.1, -0.05) is 55.5 Å². The second kappa shape index (κ2) is 13.5. The van der Waals surface area contributed by atoms with Gasteiger partial charge >= 0.3 is 5.97 Å². The van der Waals surface area contributed by atoms with Crippen LogP contribution in [0.2, 0.25) is 0 Å². The first-order chi connectivity index (χ1) is 13.0. The van der Waals surface area contributed by atoms with Crippen LogP contribution >= 0.6 is 0 Å². The number of allylic oxidation sites excluding steroid dienone is 5. The lowest BCUT2D eigenvalue weighted by Gasteiger charge is -2.19. The molecule has 0 radical (unpaired) electrons. The minimum absolute atomic E-state index is 0.0160. The van der Waals surface area contributed by atoms with Crippen molar-refractivity contribution in [1.82, 2.24) is 0 Å². The van der Waals surface area contributed by atoms with Crippen molar-refractivity contribution in [2.75, 3.05) is 0 Å². The molecule has 1 fully saturated rings. The summed E-state index contributed by atoms with van der Waals surface area (Å²) in [5.74, 6) is -0.955. The maximum Gasteiger partial charge on any atom is 0.303 e. The molecule has 0 aromatic carbocycles. The molecule has 0 aromatic rings. The largest absolute Gasteiger partial charge is 0.481 e. The molecule has 152 valence electrons. The monoisotopic (exact) mass is 378 g/mol. The summed E-state index contributed by atoms with van der Waals surface area (Å²) in [6, 6.07) is 0. The molecular formula is C22H34O5. The molecule has 1 aliphatic rings.